The van der Waals surface area contributed by atoms with E-state index in [1.54, 1.807) is 0 Å². The molecule has 25 heavy (non-hydrogen) atoms. The average Bonchev–Trinajstić information content (AvgIpc) is 2.97. The number of carbonyl (C=O) groups is 1. The topological polar surface area (TPSA) is 80.1 Å². The molecule has 1 aliphatic carbocycles. The fraction of sp³-hybridized carbons (Fsp3) is 0.526. The summed E-state index contributed by atoms with van der Waals surface area (Å²) in [7, 11) is 0. The molecule has 0 spiro atoms. The third-order valence-corrected chi connectivity index (χ3v) is 5.59. The van der Waals surface area contributed by atoms with Gasteiger partial charge in [0.2, 0.25) is 5.91 Å². The molecule has 3 rings (SSSR count). The molecule has 1 heterocycles. The molecule has 2 atom stereocenters. The molecule has 1 saturated carbocycles. The van der Waals surface area contributed by atoms with Crippen molar-refractivity contribution in [1.29, 1.82) is 0 Å². The lowest BCUT2D eigenvalue weighted by atomic mass is 9.54. The van der Waals surface area contributed by atoms with Crippen molar-refractivity contribution in [2.75, 3.05) is 13.2 Å². The van der Waals surface area contributed by atoms with Gasteiger partial charge in [-0.25, -0.2) is 0 Å². The zero-order chi connectivity index (χ0) is 17.4. The number of aromatic nitrogens is 1. The molecular formula is C19H28ClN3O2. The van der Waals surface area contributed by atoms with Gasteiger partial charge in [0.25, 0.3) is 0 Å². The lowest BCUT2D eigenvalue weighted by Gasteiger charge is -2.57. The van der Waals surface area contributed by atoms with E-state index in [4.69, 9.17) is 10.5 Å². The fourth-order valence-electron chi connectivity index (χ4n) is 3.63. The van der Waals surface area contributed by atoms with Gasteiger partial charge in [-0.3, -0.25) is 4.79 Å². The van der Waals surface area contributed by atoms with Crippen LogP contribution in [0.25, 0.3) is 10.9 Å². The van der Waals surface area contributed by atoms with Gasteiger partial charge in [0.15, 0.2) is 0 Å². The van der Waals surface area contributed by atoms with E-state index in [0.717, 1.165) is 11.9 Å². The van der Waals surface area contributed by atoms with Crippen LogP contribution in [0.15, 0.2) is 30.5 Å². The number of carbonyl (C=O) groups excluding carboxylic acids is 1. The Bertz CT molecular complexity index is 743. The van der Waals surface area contributed by atoms with Crippen molar-refractivity contribution in [3.63, 3.8) is 0 Å². The third-order valence-electron chi connectivity index (χ3n) is 5.59. The first-order valence-electron chi connectivity index (χ1n) is 8.64. The average molecular weight is 366 g/mol. The molecule has 5 nitrogen and oxygen atoms in total. The minimum Gasteiger partial charge on any atom is -0.378 e. The molecule has 0 bridgehead atoms. The summed E-state index contributed by atoms with van der Waals surface area (Å²) < 4.78 is 5.69. The van der Waals surface area contributed by atoms with E-state index in [-0.39, 0.29) is 29.8 Å². The number of amides is 1. The highest BCUT2D eigenvalue weighted by Gasteiger charge is 2.62. The highest BCUT2D eigenvalue weighted by atomic mass is 35.5. The Morgan fingerprint density at radius 1 is 1.40 bits per heavy atom. The summed E-state index contributed by atoms with van der Waals surface area (Å²) in [6.07, 6.45) is 3.41. The van der Waals surface area contributed by atoms with Crippen LogP contribution in [0.2, 0.25) is 0 Å². The van der Waals surface area contributed by atoms with Gasteiger partial charge in [-0.1, -0.05) is 32.0 Å². The molecule has 1 amide bonds. The van der Waals surface area contributed by atoms with Crippen LogP contribution in [0.1, 0.15) is 32.8 Å². The number of nitrogens with two attached hydrogens (primary N) is 1. The SMILES string of the molecule is CCOC1CC(N)(C(=O)NCCc2c[nH]c3ccccc23)C1(C)C.Cl. The predicted molar refractivity (Wildman–Crippen MR) is 103 cm³/mol. The lowest BCUT2D eigenvalue weighted by molar-refractivity contribution is -0.170. The summed E-state index contributed by atoms with van der Waals surface area (Å²) in [5.41, 5.74) is 7.51. The molecule has 0 radical (unpaired) electrons. The Labute approximate surface area is 155 Å². The van der Waals surface area contributed by atoms with Gasteiger partial charge in [0.1, 0.15) is 5.54 Å². The minimum atomic E-state index is -0.854. The largest absolute Gasteiger partial charge is 0.378 e. The van der Waals surface area contributed by atoms with E-state index in [9.17, 15) is 4.79 Å². The molecule has 138 valence electrons. The number of H-pyrrole nitrogens is 1. The van der Waals surface area contributed by atoms with Gasteiger partial charge >= 0.3 is 0 Å². The summed E-state index contributed by atoms with van der Waals surface area (Å²) in [5.74, 6) is -0.0803. The summed E-state index contributed by atoms with van der Waals surface area (Å²) in [6, 6.07) is 8.18. The predicted octanol–water partition coefficient (Wildman–Crippen LogP) is 2.78. The van der Waals surface area contributed by atoms with Crippen LogP contribution in [0.4, 0.5) is 0 Å². The van der Waals surface area contributed by atoms with Gasteiger partial charge in [-0.2, -0.15) is 0 Å². The molecule has 2 aromatic rings. The Balaban J connectivity index is 0.00000225. The van der Waals surface area contributed by atoms with Crippen LogP contribution in [-0.2, 0) is 16.0 Å². The van der Waals surface area contributed by atoms with E-state index < -0.39 is 5.54 Å². The lowest BCUT2D eigenvalue weighted by Crippen LogP contribution is -2.75. The number of halogens is 1. The second-order valence-corrected chi connectivity index (χ2v) is 7.21. The molecule has 0 saturated heterocycles. The summed E-state index contributed by atoms with van der Waals surface area (Å²) in [5, 5.41) is 4.22. The number of fused-ring (bicyclic) bond motifs is 1. The standard InChI is InChI=1S/C19H27N3O2.ClH/c1-4-24-16-11-19(20,18(16,2)3)17(23)21-10-9-13-12-22-15-8-6-5-7-14(13)15;/h5-8,12,16,22H,4,9-11,20H2,1-3H3,(H,21,23);1H. The van der Waals surface area contributed by atoms with Crippen molar-refractivity contribution in [2.24, 2.45) is 11.1 Å². The highest BCUT2D eigenvalue weighted by molar-refractivity contribution is 5.89. The van der Waals surface area contributed by atoms with Gasteiger partial charge in [0.05, 0.1) is 6.10 Å². The number of rotatable bonds is 6. The van der Waals surface area contributed by atoms with Crippen LogP contribution in [-0.4, -0.2) is 35.7 Å². The van der Waals surface area contributed by atoms with Crippen molar-refractivity contribution in [3.8, 4) is 0 Å². The van der Waals surface area contributed by atoms with Crippen molar-refractivity contribution in [1.82, 2.24) is 10.3 Å². The molecule has 4 N–H and O–H groups in total. The smallest absolute Gasteiger partial charge is 0.240 e. The first kappa shape index (κ1) is 19.8. The maximum Gasteiger partial charge on any atom is 0.240 e. The third kappa shape index (κ3) is 3.28. The molecule has 1 aromatic carbocycles. The van der Waals surface area contributed by atoms with E-state index >= 15 is 0 Å². The number of hydrogen-bond donors (Lipinski definition) is 3. The summed E-state index contributed by atoms with van der Waals surface area (Å²) in [6.45, 7) is 7.21. The van der Waals surface area contributed by atoms with E-state index in [1.165, 1.54) is 10.9 Å². The van der Waals surface area contributed by atoms with Crippen LogP contribution < -0.4 is 11.1 Å². The summed E-state index contributed by atoms with van der Waals surface area (Å²) >= 11 is 0. The normalized spacial score (nSPS) is 24.4. The number of ether oxygens (including phenoxy) is 1. The van der Waals surface area contributed by atoms with Crippen LogP contribution in [0.3, 0.4) is 0 Å². The second kappa shape index (κ2) is 7.36. The Morgan fingerprint density at radius 3 is 2.80 bits per heavy atom. The van der Waals surface area contributed by atoms with Crippen LogP contribution in [0.5, 0.6) is 0 Å². The number of para-hydroxylation sites is 1. The molecule has 6 heteroatoms. The maximum atomic E-state index is 12.6. The Kier molecular flexibility index (Phi) is 5.82. The monoisotopic (exact) mass is 365 g/mol. The van der Waals surface area contributed by atoms with Crippen LogP contribution in [0, 0.1) is 5.41 Å². The molecule has 0 aliphatic heterocycles. The second-order valence-electron chi connectivity index (χ2n) is 7.21. The zero-order valence-corrected chi connectivity index (χ0v) is 15.9. The van der Waals surface area contributed by atoms with Crippen molar-refractivity contribution in [3.05, 3.63) is 36.0 Å². The molecule has 1 aromatic heterocycles. The van der Waals surface area contributed by atoms with Crippen molar-refractivity contribution >= 4 is 29.2 Å². The molecule has 1 aliphatic rings. The number of nitrogens with one attached hydrogen (secondary N) is 2. The fourth-order valence-corrected chi connectivity index (χ4v) is 3.63. The number of benzene rings is 1. The molecular weight excluding hydrogens is 338 g/mol. The highest BCUT2D eigenvalue weighted by Crippen LogP contribution is 2.49. The van der Waals surface area contributed by atoms with E-state index in [1.807, 2.05) is 39.1 Å². The van der Waals surface area contributed by atoms with Crippen molar-refractivity contribution in [2.45, 2.75) is 45.3 Å². The Hall–Kier alpha value is -1.56. The van der Waals surface area contributed by atoms with E-state index in [2.05, 4.69) is 22.4 Å². The molecule has 1 fully saturated rings. The Morgan fingerprint density at radius 2 is 2.12 bits per heavy atom. The number of hydrogen-bond acceptors (Lipinski definition) is 3. The quantitative estimate of drug-likeness (QED) is 0.736. The minimum absolute atomic E-state index is 0. The van der Waals surface area contributed by atoms with Gasteiger partial charge in [-0.15, -0.1) is 12.4 Å². The van der Waals surface area contributed by atoms with Crippen molar-refractivity contribution < 1.29 is 9.53 Å². The van der Waals surface area contributed by atoms with Gasteiger partial charge in [-0.05, 0) is 25.0 Å². The summed E-state index contributed by atoms with van der Waals surface area (Å²) in [4.78, 5) is 15.9. The van der Waals surface area contributed by atoms with Crippen LogP contribution >= 0.6 is 12.4 Å². The van der Waals surface area contributed by atoms with E-state index in [0.29, 0.717) is 19.6 Å². The first-order valence-corrected chi connectivity index (χ1v) is 8.64. The maximum absolute atomic E-state index is 12.6. The number of aromatic amines is 1. The van der Waals surface area contributed by atoms with Gasteiger partial charge < -0.3 is 20.8 Å². The zero-order valence-electron chi connectivity index (χ0n) is 15.1. The van der Waals surface area contributed by atoms with Gasteiger partial charge in [0, 0.05) is 42.1 Å². The first-order chi connectivity index (χ1) is 11.4. The molecule has 2 unspecified atom stereocenters.